The molecule has 0 radical (unpaired) electrons. The Morgan fingerprint density at radius 1 is 1.12 bits per heavy atom. The Morgan fingerprint density at radius 3 is 2.55 bits per heavy atom. The number of nitrogens with zero attached hydrogens (tertiary/aromatic N) is 5. The van der Waals surface area contributed by atoms with Gasteiger partial charge in [0.15, 0.2) is 0 Å². The summed E-state index contributed by atoms with van der Waals surface area (Å²) < 4.78 is 4.90. The fourth-order valence-corrected chi connectivity index (χ4v) is 5.90. The molecule has 1 amide bonds. The van der Waals surface area contributed by atoms with Crippen LogP contribution < -0.4 is 11.2 Å². The van der Waals surface area contributed by atoms with Crippen LogP contribution in [0.25, 0.3) is 21.3 Å². The standard InChI is InChI=1S/C24H25N5O3S/c1-26-16-7-4-3-6-15(16)25-18(26)12-17-19(22(31)28-10-5-11-28)20-21(30)27(2)24(32)29(23(20)33-17)13-14-8-9-14/h3-4,6-7,14H,5,8-13H2,1-2H3. The molecule has 1 saturated carbocycles. The Hall–Kier alpha value is -3.20. The molecular weight excluding hydrogens is 438 g/mol. The average molecular weight is 464 g/mol. The van der Waals surface area contributed by atoms with E-state index in [9.17, 15) is 14.4 Å². The van der Waals surface area contributed by atoms with E-state index in [1.54, 1.807) is 9.47 Å². The van der Waals surface area contributed by atoms with Crippen molar-refractivity contribution in [2.75, 3.05) is 13.1 Å². The number of likely N-dealkylation sites (tertiary alicyclic amines) is 1. The molecule has 0 unspecified atom stereocenters. The van der Waals surface area contributed by atoms with Crippen LogP contribution in [-0.2, 0) is 27.1 Å². The van der Waals surface area contributed by atoms with Crippen LogP contribution in [0, 0.1) is 5.92 Å². The van der Waals surface area contributed by atoms with Crippen LogP contribution in [0.2, 0.25) is 0 Å². The van der Waals surface area contributed by atoms with Crippen LogP contribution in [-0.4, -0.2) is 42.6 Å². The minimum absolute atomic E-state index is 0.116. The molecule has 0 N–H and O–H groups in total. The topological polar surface area (TPSA) is 82.1 Å². The first-order valence-electron chi connectivity index (χ1n) is 11.4. The summed E-state index contributed by atoms with van der Waals surface area (Å²) in [5.41, 5.74) is 1.67. The lowest BCUT2D eigenvalue weighted by Crippen LogP contribution is -2.43. The monoisotopic (exact) mass is 463 g/mol. The van der Waals surface area contributed by atoms with Crippen LogP contribution in [0.4, 0.5) is 0 Å². The fourth-order valence-electron chi connectivity index (χ4n) is 4.62. The number of para-hydroxylation sites is 2. The Labute approximate surface area is 193 Å². The second-order valence-electron chi connectivity index (χ2n) is 9.18. The van der Waals surface area contributed by atoms with E-state index < -0.39 is 5.56 Å². The lowest BCUT2D eigenvalue weighted by Gasteiger charge is -2.31. The first-order chi connectivity index (χ1) is 15.9. The first-order valence-corrected chi connectivity index (χ1v) is 12.2. The summed E-state index contributed by atoms with van der Waals surface area (Å²) in [6, 6.07) is 7.93. The minimum Gasteiger partial charge on any atom is -0.338 e. The predicted octanol–water partition coefficient (Wildman–Crippen LogP) is 2.50. The largest absolute Gasteiger partial charge is 0.338 e. The molecule has 4 heterocycles. The van der Waals surface area contributed by atoms with Gasteiger partial charge in [0, 0.05) is 45.0 Å². The molecular formula is C24H25N5O3S. The van der Waals surface area contributed by atoms with Gasteiger partial charge in [0.05, 0.1) is 22.0 Å². The Kier molecular flexibility index (Phi) is 4.58. The third-order valence-corrected chi connectivity index (χ3v) is 8.15. The number of carbonyl (C=O) groups is 1. The Morgan fingerprint density at radius 2 is 1.88 bits per heavy atom. The highest BCUT2D eigenvalue weighted by Gasteiger charge is 2.32. The molecule has 2 aliphatic rings. The van der Waals surface area contributed by atoms with Crippen molar-refractivity contribution in [1.82, 2.24) is 23.6 Å². The van der Waals surface area contributed by atoms with Crippen molar-refractivity contribution in [3.05, 3.63) is 61.4 Å². The van der Waals surface area contributed by atoms with Crippen LogP contribution in [0.15, 0.2) is 33.9 Å². The molecule has 3 aromatic heterocycles. The molecule has 6 rings (SSSR count). The molecule has 1 aromatic carbocycles. The number of rotatable bonds is 5. The number of aromatic nitrogens is 4. The molecule has 2 fully saturated rings. The molecule has 33 heavy (non-hydrogen) atoms. The smallest absolute Gasteiger partial charge is 0.331 e. The van der Waals surface area contributed by atoms with Gasteiger partial charge in [0.2, 0.25) is 0 Å². The number of thiophene rings is 1. The number of fused-ring (bicyclic) bond motifs is 2. The van der Waals surface area contributed by atoms with Gasteiger partial charge in [-0.25, -0.2) is 9.78 Å². The molecule has 8 nitrogen and oxygen atoms in total. The predicted molar refractivity (Wildman–Crippen MR) is 128 cm³/mol. The summed E-state index contributed by atoms with van der Waals surface area (Å²) in [6.45, 7) is 1.99. The Bertz CT molecular complexity index is 1550. The lowest BCUT2D eigenvalue weighted by atomic mass is 10.1. The highest BCUT2D eigenvalue weighted by atomic mass is 32.1. The maximum absolute atomic E-state index is 13.5. The third kappa shape index (κ3) is 3.17. The number of hydrogen-bond donors (Lipinski definition) is 0. The molecule has 170 valence electrons. The number of carbonyl (C=O) groups excluding carboxylic acids is 1. The number of hydrogen-bond acceptors (Lipinski definition) is 5. The zero-order valence-electron chi connectivity index (χ0n) is 18.7. The van der Waals surface area contributed by atoms with Gasteiger partial charge in [-0.1, -0.05) is 12.1 Å². The van der Waals surface area contributed by atoms with Gasteiger partial charge in [-0.05, 0) is 37.3 Å². The van der Waals surface area contributed by atoms with Crippen molar-refractivity contribution >= 4 is 38.5 Å². The maximum atomic E-state index is 13.5. The number of benzene rings is 1. The normalized spacial score (nSPS) is 16.0. The molecule has 0 bridgehead atoms. The van der Waals surface area contributed by atoms with E-state index >= 15 is 0 Å². The van der Waals surface area contributed by atoms with Gasteiger partial charge in [0.25, 0.3) is 11.5 Å². The number of imidazole rings is 1. The van der Waals surface area contributed by atoms with E-state index in [1.807, 2.05) is 35.9 Å². The van der Waals surface area contributed by atoms with Crippen molar-refractivity contribution in [2.45, 2.75) is 32.2 Å². The summed E-state index contributed by atoms with van der Waals surface area (Å²) >= 11 is 1.40. The highest BCUT2D eigenvalue weighted by Crippen LogP contribution is 2.35. The van der Waals surface area contributed by atoms with Gasteiger partial charge >= 0.3 is 5.69 Å². The maximum Gasteiger partial charge on any atom is 0.331 e. The van der Waals surface area contributed by atoms with Crippen molar-refractivity contribution in [3.8, 4) is 0 Å². The van der Waals surface area contributed by atoms with E-state index in [-0.39, 0.29) is 11.6 Å². The highest BCUT2D eigenvalue weighted by molar-refractivity contribution is 7.19. The molecule has 1 saturated heterocycles. The van der Waals surface area contributed by atoms with E-state index in [0.29, 0.717) is 47.8 Å². The molecule has 0 atom stereocenters. The van der Waals surface area contributed by atoms with Crippen LogP contribution in [0.3, 0.4) is 0 Å². The molecule has 0 spiro atoms. The van der Waals surface area contributed by atoms with Gasteiger partial charge in [-0.15, -0.1) is 11.3 Å². The first kappa shape index (κ1) is 20.4. The van der Waals surface area contributed by atoms with Crippen LogP contribution in [0.1, 0.15) is 40.3 Å². The summed E-state index contributed by atoms with van der Waals surface area (Å²) in [5.74, 6) is 1.17. The lowest BCUT2D eigenvalue weighted by molar-refractivity contribution is 0.0653. The van der Waals surface area contributed by atoms with E-state index in [2.05, 4.69) is 0 Å². The quantitative estimate of drug-likeness (QED) is 0.455. The molecule has 1 aliphatic carbocycles. The van der Waals surface area contributed by atoms with Crippen LogP contribution in [0.5, 0.6) is 0 Å². The second-order valence-corrected chi connectivity index (χ2v) is 10.3. The molecule has 4 aromatic rings. The summed E-state index contributed by atoms with van der Waals surface area (Å²) in [4.78, 5) is 47.8. The Balaban J connectivity index is 1.59. The third-order valence-electron chi connectivity index (χ3n) is 6.94. The van der Waals surface area contributed by atoms with Gasteiger partial charge in [-0.2, -0.15) is 0 Å². The zero-order chi connectivity index (χ0) is 22.9. The second kappa shape index (κ2) is 7.41. The van der Waals surface area contributed by atoms with Crippen molar-refractivity contribution in [3.63, 3.8) is 0 Å². The fraction of sp³-hybridized carbons (Fsp3) is 0.417. The van der Waals surface area contributed by atoms with Gasteiger partial charge in [-0.3, -0.25) is 18.7 Å². The summed E-state index contributed by atoms with van der Waals surface area (Å²) in [7, 11) is 3.48. The van der Waals surface area contributed by atoms with Crippen molar-refractivity contribution in [1.29, 1.82) is 0 Å². The number of amides is 1. The molecule has 9 heteroatoms. The SMILES string of the molecule is Cn1c(=O)c2c(C(=O)N3CCC3)c(Cc3nc4ccccc4n3C)sc2n(CC2CC2)c1=O. The average Bonchev–Trinajstić information content (AvgIpc) is 3.43. The minimum atomic E-state index is -0.390. The summed E-state index contributed by atoms with van der Waals surface area (Å²) in [5, 5.41) is 0.383. The van der Waals surface area contributed by atoms with E-state index in [1.165, 1.54) is 18.4 Å². The zero-order valence-corrected chi connectivity index (χ0v) is 19.5. The summed E-state index contributed by atoms with van der Waals surface area (Å²) in [6.07, 6.45) is 3.58. The van der Waals surface area contributed by atoms with Crippen molar-refractivity contribution < 1.29 is 4.79 Å². The van der Waals surface area contributed by atoms with Gasteiger partial charge in [0.1, 0.15) is 10.7 Å². The van der Waals surface area contributed by atoms with E-state index in [0.717, 1.165) is 45.6 Å². The van der Waals surface area contributed by atoms with Gasteiger partial charge < -0.3 is 9.47 Å². The van der Waals surface area contributed by atoms with Crippen molar-refractivity contribution in [2.24, 2.45) is 20.0 Å². The van der Waals surface area contributed by atoms with E-state index in [4.69, 9.17) is 4.98 Å². The van der Waals surface area contributed by atoms with Crippen LogP contribution >= 0.6 is 11.3 Å². The number of aryl methyl sites for hydroxylation is 1. The molecule has 1 aliphatic heterocycles.